The number of hydrogen-bond acceptors (Lipinski definition) is 5. The van der Waals surface area contributed by atoms with Crippen LogP contribution in [-0.2, 0) is 9.47 Å². The molecule has 2 aliphatic heterocycles. The highest BCUT2D eigenvalue weighted by Gasteiger charge is 2.30. The molecule has 0 amide bonds. The lowest BCUT2D eigenvalue weighted by molar-refractivity contribution is -0.0117. The molecule has 128 valence electrons. The molecule has 2 atom stereocenters. The Morgan fingerprint density at radius 2 is 2.09 bits per heavy atom. The Morgan fingerprint density at radius 3 is 2.83 bits per heavy atom. The van der Waals surface area contributed by atoms with Crippen molar-refractivity contribution in [1.29, 1.82) is 0 Å². The summed E-state index contributed by atoms with van der Waals surface area (Å²) >= 11 is 0. The Morgan fingerprint density at radius 1 is 1.26 bits per heavy atom. The van der Waals surface area contributed by atoms with Gasteiger partial charge in [0, 0.05) is 33.3 Å². The number of pyridine rings is 1. The van der Waals surface area contributed by atoms with E-state index in [1.54, 1.807) is 7.11 Å². The van der Waals surface area contributed by atoms with E-state index >= 15 is 0 Å². The lowest BCUT2D eigenvalue weighted by Gasteiger charge is -2.44. The van der Waals surface area contributed by atoms with Crippen molar-refractivity contribution in [3.63, 3.8) is 0 Å². The van der Waals surface area contributed by atoms with E-state index in [2.05, 4.69) is 36.6 Å². The highest BCUT2D eigenvalue weighted by Crippen LogP contribution is 2.29. The van der Waals surface area contributed by atoms with Crippen LogP contribution in [0.3, 0.4) is 0 Å². The van der Waals surface area contributed by atoms with Gasteiger partial charge in [-0.05, 0) is 24.5 Å². The standard InChI is InChI=1S/C18H29N3O2/c1-13(2)17-9-15(10-19-18(17)14(3)22-4)21-6-5-20-7-8-23-12-16(20)11-21/h9-10,13-14,16H,5-8,11-12H2,1-4H3. The van der Waals surface area contributed by atoms with Gasteiger partial charge in [0.2, 0.25) is 0 Å². The summed E-state index contributed by atoms with van der Waals surface area (Å²) in [5.74, 6) is 0.439. The normalized spacial score (nSPS) is 23.9. The van der Waals surface area contributed by atoms with Crippen LogP contribution in [-0.4, -0.2) is 62.4 Å². The number of piperazine rings is 1. The molecular formula is C18H29N3O2. The summed E-state index contributed by atoms with van der Waals surface area (Å²) in [6.45, 7) is 12.5. The van der Waals surface area contributed by atoms with E-state index in [1.165, 1.54) is 11.3 Å². The third-order valence-electron chi connectivity index (χ3n) is 5.10. The Kier molecular flexibility index (Phi) is 5.19. The van der Waals surface area contributed by atoms with Gasteiger partial charge in [0.15, 0.2) is 0 Å². The molecule has 0 aromatic carbocycles. The van der Waals surface area contributed by atoms with E-state index < -0.39 is 0 Å². The van der Waals surface area contributed by atoms with Crippen molar-refractivity contribution in [2.45, 2.75) is 38.8 Å². The molecule has 0 spiro atoms. The number of rotatable bonds is 4. The topological polar surface area (TPSA) is 37.8 Å². The number of aromatic nitrogens is 1. The SMILES string of the molecule is COC(C)c1ncc(N2CCN3CCOCC3C2)cc1C(C)C. The fourth-order valence-electron chi connectivity index (χ4n) is 3.55. The van der Waals surface area contributed by atoms with Crippen LogP contribution >= 0.6 is 0 Å². The predicted molar refractivity (Wildman–Crippen MR) is 92.1 cm³/mol. The fourth-order valence-corrected chi connectivity index (χ4v) is 3.55. The first kappa shape index (κ1) is 16.7. The van der Waals surface area contributed by atoms with Gasteiger partial charge in [0.05, 0.1) is 42.9 Å². The van der Waals surface area contributed by atoms with E-state index in [4.69, 9.17) is 14.5 Å². The average molecular weight is 319 g/mol. The van der Waals surface area contributed by atoms with Gasteiger partial charge in [-0.2, -0.15) is 0 Å². The third kappa shape index (κ3) is 3.52. The van der Waals surface area contributed by atoms with Gasteiger partial charge in [-0.25, -0.2) is 0 Å². The number of anilines is 1. The van der Waals surface area contributed by atoms with Crippen molar-refractivity contribution >= 4 is 5.69 Å². The van der Waals surface area contributed by atoms with E-state index in [9.17, 15) is 0 Å². The molecule has 23 heavy (non-hydrogen) atoms. The number of fused-ring (bicyclic) bond motifs is 1. The molecule has 2 fully saturated rings. The highest BCUT2D eigenvalue weighted by atomic mass is 16.5. The Bertz CT molecular complexity index is 535. The molecule has 1 aromatic rings. The maximum atomic E-state index is 5.65. The van der Waals surface area contributed by atoms with Crippen LogP contribution in [0.2, 0.25) is 0 Å². The second kappa shape index (κ2) is 7.16. The second-order valence-electron chi connectivity index (χ2n) is 6.91. The van der Waals surface area contributed by atoms with E-state index in [1.807, 2.05) is 6.20 Å². The molecule has 3 heterocycles. The van der Waals surface area contributed by atoms with E-state index in [-0.39, 0.29) is 6.10 Å². The maximum absolute atomic E-state index is 5.65. The Labute approximate surface area is 139 Å². The lowest BCUT2D eigenvalue weighted by atomic mass is 9.98. The second-order valence-corrected chi connectivity index (χ2v) is 6.91. The largest absolute Gasteiger partial charge is 0.378 e. The quantitative estimate of drug-likeness (QED) is 0.852. The van der Waals surface area contributed by atoms with Crippen LogP contribution in [0.1, 0.15) is 44.1 Å². The molecule has 2 aliphatic rings. The monoisotopic (exact) mass is 319 g/mol. The lowest BCUT2D eigenvalue weighted by Crippen LogP contribution is -2.58. The molecule has 3 rings (SSSR count). The fraction of sp³-hybridized carbons (Fsp3) is 0.722. The molecule has 0 bridgehead atoms. The van der Waals surface area contributed by atoms with Gasteiger partial charge >= 0.3 is 0 Å². The predicted octanol–water partition coefficient (Wildman–Crippen LogP) is 2.43. The number of methoxy groups -OCH3 is 1. The molecule has 1 aromatic heterocycles. The molecule has 5 nitrogen and oxygen atoms in total. The molecule has 0 saturated carbocycles. The third-order valence-corrected chi connectivity index (χ3v) is 5.10. The molecule has 2 unspecified atom stereocenters. The summed E-state index contributed by atoms with van der Waals surface area (Å²) in [5.41, 5.74) is 3.58. The van der Waals surface area contributed by atoms with Gasteiger partial charge in [-0.3, -0.25) is 9.88 Å². The van der Waals surface area contributed by atoms with Crippen molar-refractivity contribution in [2.24, 2.45) is 0 Å². The van der Waals surface area contributed by atoms with Crippen molar-refractivity contribution in [3.8, 4) is 0 Å². The van der Waals surface area contributed by atoms with E-state index in [0.29, 0.717) is 12.0 Å². The van der Waals surface area contributed by atoms with Gasteiger partial charge in [-0.15, -0.1) is 0 Å². The van der Waals surface area contributed by atoms with Gasteiger partial charge in [0.25, 0.3) is 0 Å². The zero-order valence-electron chi connectivity index (χ0n) is 14.8. The van der Waals surface area contributed by atoms with Crippen molar-refractivity contribution in [3.05, 3.63) is 23.5 Å². The highest BCUT2D eigenvalue weighted by molar-refractivity contribution is 5.49. The number of morpholine rings is 1. The van der Waals surface area contributed by atoms with Gasteiger partial charge in [0.1, 0.15) is 0 Å². The van der Waals surface area contributed by atoms with Crippen molar-refractivity contribution in [1.82, 2.24) is 9.88 Å². The molecule has 0 aliphatic carbocycles. The maximum Gasteiger partial charge on any atom is 0.0965 e. The summed E-state index contributed by atoms with van der Waals surface area (Å²) in [6.07, 6.45) is 2.04. The van der Waals surface area contributed by atoms with Gasteiger partial charge < -0.3 is 14.4 Å². The Hall–Kier alpha value is -1.17. The molecule has 5 heteroatoms. The van der Waals surface area contributed by atoms with Crippen molar-refractivity contribution < 1.29 is 9.47 Å². The average Bonchev–Trinajstić information content (AvgIpc) is 2.60. The summed E-state index contributed by atoms with van der Waals surface area (Å²) < 4.78 is 11.1. The van der Waals surface area contributed by atoms with Crippen LogP contribution in [0.15, 0.2) is 12.3 Å². The smallest absolute Gasteiger partial charge is 0.0965 e. The number of nitrogens with zero attached hydrogens (tertiary/aromatic N) is 3. The minimum absolute atomic E-state index is 0.0324. The first-order chi connectivity index (χ1) is 11.1. The van der Waals surface area contributed by atoms with Crippen molar-refractivity contribution in [2.75, 3.05) is 51.4 Å². The molecule has 0 radical (unpaired) electrons. The molecule has 0 N–H and O–H groups in total. The summed E-state index contributed by atoms with van der Waals surface area (Å²) in [4.78, 5) is 9.75. The van der Waals surface area contributed by atoms with E-state index in [0.717, 1.165) is 45.1 Å². The molecule has 2 saturated heterocycles. The van der Waals surface area contributed by atoms with Crippen LogP contribution in [0, 0.1) is 0 Å². The first-order valence-electron chi connectivity index (χ1n) is 8.69. The van der Waals surface area contributed by atoms with Crippen LogP contribution in [0.4, 0.5) is 5.69 Å². The summed E-state index contributed by atoms with van der Waals surface area (Å²) in [7, 11) is 1.74. The van der Waals surface area contributed by atoms with Crippen LogP contribution in [0.25, 0.3) is 0 Å². The minimum atomic E-state index is 0.0324. The zero-order chi connectivity index (χ0) is 16.4. The summed E-state index contributed by atoms with van der Waals surface area (Å²) in [5, 5.41) is 0. The first-order valence-corrected chi connectivity index (χ1v) is 8.69. The van der Waals surface area contributed by atoms with Crippen LogP contribution < -0.4 is 4.90 Å². The minimum Gasteiger partial charge on any atom is -0.378 e. The van der Waals surface area contributed by atoms with Crippen LogP contribution in [0.5, 0.6) is 0 Å². The molecular weight excluding hydrogens is 290 g/mol. The Balaban J connectivity index is 1.81. The number of hydrogen-bond donors (Lipinski definition) is 0. The van der Waals surface area contributed by atoms with Gasteiger partial charge in [-0.1, -0.05) is 13.8 Å². The zero-order valence-corrected chi connectivity index (χ0v) is 14.8. The number of ether oxygens (including phenoxy) is 2. The summed E-state index contributed by atoms with van der Waals surface area (Å²) in [6, 6.07) is 2.82.